The standard InChI is InChI=1S/C19H19N3O6S2/c1-27-15-3-2-4-16(11-15)28-19-8-5-13(12-22-19)9-14-10-17(29(20,23)24)6-7-18(14)30(21,25)26/h2-8,10-12H,9H2,1H3,(H2,20,23,24)(H2,21,25,26). The van der Waals surface area contributed by atoms with Crippen LogP contribution in [0.4, 0.5) is 0 Å². The zero-order chi connectivity index (χ0) is 21.9. The molecule has 11 heteroatoms. The van der Waals surface area contributed by atoms with Gasteiger partial charge in [-0.25, -0.2) is 32.1 Å². The molecular formula is C19H19N3O6S2. The summed E-state index contributed by atoms with van der Waals surface area (Å²) in [7, 11) is -6.52. The van der Waals surface area contributed by atoms with Crippen LogP contribution in [0.2, 0.25) is 0 Å². The Morgan fingerprint density at radius 2 is 1.63 bits per heavy atom. The fourth-order valence-corrected chi connectivity index (χ4v) is 4.05. The number of sulfonamides is 2. The van der Waals surface area contributed by atoms with E-state index in [0.29, 0.717) is 22.9 Å². The van der Waals surface area contributed by atoms with E-state index in [1.54, 1.807) is 43.5 Å². The SMILES string of the molecule is COc1cccc(Oc2ccc(Cc3cc(S(N)(=O)=O)ccc3S(N)(=O)=O)cn2)c1. The normalized spacial score (nSPS) is 11.8. The molecule has 0 bridgehead atoms. The molecule has 0 amide bonds. The van der Waals surface area contributed by atoms with Gasteiger partial charge in [0.1, 0.15) is 11.5 Å². The summed E-state index contributed by atoms with van der Waals surface area (Å²) in [6.07, 6.45) is 1.56. The highest BCUT2D eigenvalue weighted by Gasteiger charge is 2.18. The van der Waals surface area contributed by atoms with E-state index in [1.807, 2.05) is 0 Å². The molecule has 1 aromatic heterocycles. The van der Waals surface area contributed by atoms with Gasteiger partial charge in [0.25, 0.3) is 0 Å². The molecule has 2 aromatic carbocycles. The molecule has 30 heavy (non-hydrogen) atoms. The van der Waals surface area contributed by atoms with Crippen molar-refractivity contribution in [2.45, 2.75) is 16.2 Å². The Balaban J connectivity index is 1.87. The summed E-state index contributed by atoms with van der Waals surface area (Å²) >= 11 is 0. The van der Waals surface area contributed by atoms with Gasteiger partial charge in [0, 0.05) is 24.8 Å². The molecule has 0 aliphatic carbocycles. The lowest BCUT2D eigenvalue weighted by atomic mass is 10.1. The number of pyridine rings is 1. The van der Waals surface area contributed by atoms with Crippen LogP contribution in [0.15, 0.2) is 70.6 Å². The molecule has 4 N–H and O–H groups in total. The summed E-state index contributed by atoms with van der Waals surface area (Å²) in [5.41, 5.74) is 0.803. The van der Waals surface area contributed by atoms with Gasteiger partial charge in [-0.05, 0) is 41.5 Å². The Kier molecular flexibility index (Phi) is 6.08. The number of nitrogens with two attached hydrogens (primary N) is 2. The molecule has 0 unspecified atom stereocenters. The van der Waals surface area contributed by atoms with Gasteiger partial charge in [-0.1, -0.05) is 12.1 Å². The first-order valence-corrected chi connectivity index (χ1v) is 11.6. The fraction of sp³-hybridized carbons (Fsp3) is 0.105. The number of ether oxygens (including phenoxy) is 2. The van der Waals surface area contributed by atoms with Crippen LogP contribution in [0.5, 0.6) is 17.4 Å². The maximum atomic E-state index is 11.9. The predicted octanol–water partition coefficient (Wildman–Crippen LogP) is 1.77. The highest BCUT2D eigenvalue weighted by molar-refractivity contribution is 7.89. The van der Waals surface area contributed by atoms with Crippen molar-refractivity contribution in [1.82, 2.24) is 4.98 Å². The van der Waals surface area contributed by atoms with Crippen LogP contribution in [-0.2, 0) is 26.5 Å². The first-order valence-electron chi connectivity index (χ1n) is 8.51. The summed E-state index contributed by atoms with van der Waals surface area (Å²) in [5.74, 6) is 1.48. The van der Waals surface area contributed by atoms with Crippen LogP contribution >= 0.6 is 0 Å². The third kappa shape index (κ3) is 5.33. The molecule has 0 aliphatic heterocycles. The topological polar surface area (TPSA) is 152 Å². The van der Waals surface area contributed by atoms with E-state index in [0.717, 1.165) is 12.1 Å². The maximum Gasteiger partial charge on any atom is 0.238 e. The molecule has 3 rings (SSSR count). The van der Waals surface area contributed by atoms with Crippen molar-refractivity contribution in [3.63, 3.8) is 0 Å². The Morgan fingerprint density at radius 3 is 2.23 bits per heavy atom. The second-order valence-corrected chi connectivity index (χ2v) is 9.41. The van der Waals surface area contributed by atoms with Gasteiger partial charge < -0.3 is 9.47 Å². The number of hydrogen-bond donors (Lipinski definition) is 2. The summed E-state index contributed by atoms with van der Waals surface area (Å²) in [6, 6.07) is 13.7. The third-order valence-corrected chi connectivity index (χ3v) is 6.05. The molecule has 0 saturated carbocycles. The number of primary sulfonamides is 2. The van der Waals surface area contributed by atoms with E-state index in [4.69, 9.17) is 19.8 Å². The highest BCUT2D eigenvalue weighted by Crippen LogP contribution is 2.25. The van der Waals surface area contributed by atoms with Crippen LogP contribution in [-0.4, -0.2) is 28.9 Å². The molecule has 0 atom stereocenters. The minimum Gasteiger partial charge on any atom is -0.497 e. The van der Waals surface area contributed by atoms with E-state index in [-0.39, 0.29) is 21.8 Å². The van der Waals surface area contributed by atoms with Crippen molar-refractivity contribution in [1.29, 1.82) is 0 Å². The van der Waals surface area contributed by atoms with E-state index >= 15 is 0 Å². The average Bonchev–Trinajstić information content (AvgIpc) is 2.68. The lowest BCUT2D eigenvalue weighted by Crippen LogP contribution is -2.17. The summed E-state index contributed by atoms with van der Waals surface area (Å²) in [6.45, 7) is 0. The molecule has 0 fully saturated rings. The van der Waals surface area contributed by atoms with Crippen LogP contribution in [0.25, 0.3) is 0 Å². The predicted molar refractivity (Wildman–Crippen MR) is 109 cm³/mol. The fourth-order valence-electron chi connectivity index (χ4n) is 2.73. The monoisotopic (exact) mass is 449 g/mol. The minimum absolute atomic E-state index is 0.0710. The van der Waals surface area contributed by atoms with Crippen molar-refractivity contribution < 1.29 is 26.3 Å². The average molecular weight is 450 g/mol. The molecule has 0 radical (unpaired) electrons. The first-order chi connectivity index (χ1) is 14.1. The second-order valence-electron chi connectivity index (χ2n) is 6.32. The zero-order valence-corrected chi connectivity index (χ0v) is 17.5. The molecule has 0 aliphatic rings. The number of hydrogen-bond acceptors (Lipinski definition) is 7. The number of benzene rings is 2. The molecule has 158 valence electrons. The van der Waals surface area contributed by atoms with Crippen LogP contribution in [0.3, 0.4) is 0 Å². The van der Waals surface area contributed by atoms with Crippen LogP contribution < -0.4 is 19.8 Å². The molecule has 0 saturated heterocycles. The van der Waals surface area contributed by atoms with Gasteiger partial charge >= 0.3 is 0 Å². The summed E-state index contributed by atoms with van der Waals surface area (Å²) < 4.78 is 57.8. The zero-order valence-electron chi connectivity index (χ0n) is 15.8. The highest BCUT2D eigenvalue weighted by atomic mass is 32.2. The van der Waals surface area contributed by atoms with E-state index in [1.165, 1.54) is 12.3 Å². The third-order valence-electron chi connectivity index (χ3n) is 4.12. The van der Waals surface area contributed by atoms with E-state index in [9.17, 15) is 16.8 Å². The summed E-state index contributed by atoms with van der Waals surface area (Å²) in [5, 5.41) is 10.4. The van der Waals surface area contributed by atoms with Gasteiger partial charge in [0.15, 0.2) is 0 Å². The van der Waals surface area contributed by atoms with Crippen molar-refractivity contribution in [2.75, 3.05) is 7.11 Å². The number of aromatic nitrogens is 1. The van der Waals surface area contributed by atoms with E-state index in [2.05, 4.69) is 4.98 Å². The van der Waals surface area contributed by atoms with Gasteiger partial charge in [0.2, 0.25) is 25.9 Å². The lowest BCUT2D eigenvalue weighted by Gasteiger charge is -2.11. The number of nitrogens with zero attached hydrogens (tertiary/aromatic N) is 1. The first kappa shape index (κ1) is 21.7. The second kappa shape index (κ2) is 8.40. The Labute approximate surface area is 174 Å². The minimum atomic E-state index is -4.06. The Morgan fingerprint density at radius 1 is 0.900 bits per heavy atom. The van der Waals surface area contributed by atoms with Crippen molar-refractivity contribution >= 4 is 20.0 Å². The molecule has 0 spiro atoms. The van der Waals surface area contributed by atoms with Crippen molar-refractivity contribution in [2.24, 2.45) is 10.3 Å². The maximum absolute atomic E-state index is 11.9. The molecular weight excluding hydrogens is 430 g/mol. The smallest absolute Gasteiger partial charge is 0.238 e. The van der Waals surface area contributed by atoms with Crippen LogP contribution in [0.1, 0.15) is 11.1 Å². The summed E-state index contributed by atoms with van der Waals surface area (Å²) in [4.78, 5) is 3.80. The largest absolute Gasteiger partial charge is 0.497 e. The molecule has 1 heterocycles. The Bertz CT molecular complexity index is 1270. The van der Waals surface area contributed by atoms with Crippen LogP contribution in [0, 0.1) is 0 Å². The van der Waals surface area contributed by atoms with Gasteiger partial charge in [-0.2, -0.15) is 0 Å². The molecule has 9 nitrogen and oxygen atoms in total. The van der Waals surface area contributed by atoms with Gasteiger partial charge in [-0.3, -0.25) is 0 Å². The van der Waals surface area contributed by atoms with Crippen molar-refractivity contribution in [3.05, 3.63) is 71.9 Å². The van der Waals surface area contributed by atoms with Crippen molar-refractivity contribution in [3.8, 4) is 17.4 Å². The number of rotatable bonds is 7. The van der Waals surface area contributed by atoms with Gasteiger partial charge in [0.05, 0.1) is 16.9 Å². The number of methoxy groups -OCH3 is 1. The molecule has 3 aromatic rings. The Hall–Kier alpha value is -2.99. The van der Waals surface area contributed by atoms with E-state index < -0.39 is 20.0 Å². The van der Waals surface area contributed by atoms with Gasteiger partial charge in [-0.15, -0.1) is 0 Å². The lowest BCUT2D eigenvalue weighted by molar-refractivity contribution is 0.407. The quantitative estimate of drug-likeness (QED) is 0.557.